The van der Waals surface area contributed by atoms with E-state index in [0.29, 0.717) is 30.6 Å². The maximum atomic E-state index is 15.3. The van der Waals surface area contributed by atoms with Gasteiger partial charge in [-0.15, -0.1) is 0 Å². The average Bonchev–Trinajstić information content (AvgIpc) is 3.27. The van der Waals surface area contributed by atoms with Crippen LogP contribution in [0.5, 0.6) is 0 Å². The lowest BCUT2D eigenvalue weighted by Gasteiger charge is -2.26. The lowest BCUT2D eigenvalue weighted by molar-refractivity contribution is 0.0729. The average molecular weight is 530 g/mol. The first-order valence-electron chi connectivity index (χ1n) is 13.4. The van der Waals surface area contributed by atoms with Crippen LogP contribution in [0.25, 0.3) is 22.2 Å². The summed E-state index contributed by atoms with van der Waals surface area (Å²) in [5.41, 5.74) is 2.24. The Morgan fingerprint density at radius 2 is 1.95 bits per heavy atom. The fourth-order valence-corrected chi connectivity index (χ4v) is 6.80. The first kappa shape index (κ1) is 26.1. The van der Waals surface area contributed by atoms with Gasteiger partial charge in [-0.25, -0.2) is 17.8 Å². The molecule has 0 bridgehead atoms. The van der Waals surface area contributed by atoms with Crippen LogP contribution in [-0.4, -0.2) is 60.1 Å². The van der Waals surface area contributed by atoms with Crippen LogP contribution in [0.4, 0.5) is 10.3 Å². The molecule has 0 spiro atoms. The van der Waals surface area contributed by atoms with Crippen molar-refractivity contribution in [3.8, 4) is 11.1 Å². The molecule has 0 amide bonds. The molecule has 0 unspecified atom stereocenters. The maximum absolute atomic E-state index is 15.3. The maximum Gasteiger partial charge on any atom is 0.246 e. The minimum absolute atomic E-state index is 0.226. The summed E-state index contributed by atoms with van der Waals surface area (Å²) in [4.78, 5) is 9.05. The number of unbranched alkanes of at least 4 members (excludes halogenated alkanes) is 1. The van der Waals surface area contributed by atoms with Gasteiger partial charge in [0.15, 0.2) is 0 Å². The first-order chi connectivity index (χ1) is 18.0. The van der Waals surface area contributed by atoms with Gasteiger partial charge in [0.05, 0.1) is 13.2 Å². The van der Waals surface area contributed by atoms with Crippen molar-refractivity contribution in [2.45, 2.75) is 63.3 Å². The van der Waals surface area contributed by atoms with Crippen LogP contribution in [-0.2, 0) is 21.3 Å². The number of rotatable bonds is 9. The standard InChI is InChI=1S/C27H36FN5O3S/c1-2-3-11-29-27-30-17-22-23(19-32(26(22)31-27)18-20-7-5-4-6-8-20)21-9-10-25(24(28)16-21)37(34,35)33-12-14-36-15-13-33/h9-10,16-17,19-20H,2-8,11-15,18H2,1H3,(H,29,30,31). The van der Waals surface area contributed by atoms with Gasteiger partial charge < -0.3 is 14.6 Å². The van der Waals surface area contributed by atoms with Gasteiger partial charge >= 0.3 is 0 Å². The molecular formula is C27H36FN5O3S. The molecule has 1 aromatic carbocycles. The second kappa shape index (κ2) is 11.4. The largest absolute Gasteiger partial charge is 0.379 e. The number of nitrogens with one attached hydrogen (secondary N) is 1. The molecule has 1 saturated carbocycles. The number of hydrogen-bond donors (Lipinski definition) is 1. The highest BCUT2D eigenvalue weighted by molar-refractivity contribution is 7.89. The van der Waals surface area contributed by atoms with E-state index < -0.39 is 15.8 Å². The molecule has 1 saturated heterocycles. The van der Waals surface area contributed by atoms with E-state index in [1.165, 1.54) is 48.5 Å². The SMILES string of the molecule is CCCCNc1ncc2c(-c3ccc(S(=O)(=O)N4CCOCC4)c(F)c3)cn(CC3CCCCC3)c2n1. The van der Waals surface area contributed by atoms with E-state index in [2.05, 4.69) is 21.8 Å². The summed E-state index contributed by atoms with van der Waals surface area (Å²) in [7, 11) is -3.92. The molecule has 2 aromatic heterocycles. The number of sulfonamides is 1. The molecule has 5 rings (SSSR count). The molecular weight excluding hydrogens is 493 g/mol. The molecule has 37 heavy (non-hydrogen) atoms. The zero-order valence-corrected chi connectivity index (χ0v) is 22.3. The van der Waals surface area contributed by atoms with E-state index in [1.807, 2.05) is 6.20 Å². The molecule has 1 aliphatic carbocycles. The first-order valence-corrected chi connectivity index (χ1v) is 14.9. The van der Waals surface area contributed by atoms with E-state index in [0.717, 1.165) is 42.5 Å². The molecule has 3 heterocycles. The molecule has 2 fully saturated rings. The van der Waals surface area contributed by atoms with Crippen LogP contribution in [0.2, 0.25) is 0 Å². The summed E-state index contributed by atoms with van der Waals surface area (Å²) < 4.78 is 50.1. The predicted octanol–water partition coefficient (Wildman–Crippen LogP) is 5.05. The highest BCUT2D eigenvalue weighted by atomic mass is 32.2. The van der Waals surface area contributed by atoms with E-state index in [4.69, 9.17) is 9.72 Å². The zero-order valence-electron chi connectivity index (χ0n) is 21.5. The van der Waals surface area contributed by atoms with Gasteiger partial charge in [0.2, 0.25) is 16.0 Å². The van der Waals surface area contributed by atoms with Crippen molar-refractivity contribution >= 4 is 27.0 Å². The quantitative estimate of drug-likeness (QED) is 0.390. The zero-order chi connectivity index (χ0) is 25.8. The predicted molar refractivity (Wildman–Crippen MR) is 142 cm³/mol. The third-order valence-electron chi connectivity index (χ3n) is 7.44. The highest BCUT2D eigenvalue weighted by Gasteiger charge is 2.29. The van der Waals surface area contributed by atoms with Gasteiger partial charge in [-0.2, -0.15) is 9.29 Å². The van der Waals surface area contributed by atoms with Crippen molar-refractivity contribution in [3.05, 3.63) is 36.4 Å². The third kappa shape index (κ3) is 5.66. The molecule has 200 valence electrons. The molecule has 0 radical (unpaired) electrons. The fourth-order valence-electron chi connectivity index (χ4n) is 5.35. The van der Waals surface area contributed by atoms with Crippen LogP contribution < -0.4 is 5.32 Å². The molecule has 10 heteroatoms. The number of morpholine rings is 1. The second-order valence-corrected chi connectivity index (χ2v) is 12.0. The molecule has 2 aliphatic rings. The normalized spacial score (nSPS) is 17.9. The lowest BCUT2D eigenvalue weighted by atomic mass is 9.89. The third-order valence-corrected chi connectivity index (χ3v) is 9.37. The van der Waals surface area contributed by atoms with Crippen molar-refractivity contribution in [2.24, 2.45) is 5.92 Å². The minimum atomic E-state index is -3.92. The Balaban J connectivity index is 1.50. The monoisotopic (exact) mass is 529 g/mol. The van der Waals surface area contributed by atoms with Crippen molar-refractivity contribution in [1.29, 1.82) is 0 Å². The van der Waals surface area contributed by atoms with Gasteiger partial charge in [-0.1, -0.05) is 38.7 Å². The molecule has 0 atom stereocenters. The van der Waals surface area contributed by atoms with Crippen LogP contribution in [0.3, 0.4) is 0 Å². The van der Waals surface area contributed by atoms with Crippen LogP contribution >= 0.6 is 0 Å². The van der Waals surface area contributed by atoms with Gasteiger partial charge in [0.25, 0.3) is 0 Å². The molecule has 3 aromatic rings. The number of benzene rings is 1. The Hall–Kier alpha value is -2.56. The number of fused-ring (bicyclic) bond motifs is 1. The van der Waals surface area contributed by atoms with Crippen molar-refractivity contribution in [2.75, 3.05) is 38.2 Å². The van der Waals surface area contributed by atoms with Crippen molar-refractivity contribution < 1.29 is 17.5 Å². The van der Waals surface area contributed by atoms with Gasteiger partial charge in [-0.3, -0.25) is 0 Å². The van der Waals surface area contributed by atoms with E-state index in [9.17, 15) is 8.42 Å². The summed E-state index contributed by atoms with van der Waals surface area (Å²) in [6.45, 7) is 4.89. The Morgan fingerprint density at radius 3 is 2.68 bits per heavy atom. The van der Waals surface area contributed by atoms with Crippen molar-refractivity contribution in [3.63, 3.8) is 0 Å². The molecule has 8 nitrogen and oxygen atoms in total. The molecule has 1 N–H and O–H groups in total. The van der Waals surface area contributed by atoms with Crippen molar-refractivity contribution in [1.82, 2.24) is 18.8 Å². The Morgan fingerprint density at radius 1 is 1.16 bits per heavy atom. The number of halogens is 1. The Labute approximate surface area is 218 Å². The van der Waals surface area contributed by atoms with Crippen LogP contribution in [0.1, 0.15) is 51.9 Å². The second-order valence-electron chi connectivity index (χ2n) is 10.1. The van der Waals surface area contributed by atoms with E-state index >= 15 is 4.39 Å². The summed E-state index contributed by atoms with van der Waals surface area (Å²) in [6.07, 6.45) is 12.1. The topological polar surface area (TPSA) is 89.4 Å². The van der Waals surface area contributed by atoms with E-state index in [1.54, 1.807) is 12.3 Å². The number of ether oxygens (including phenoxy) is 1. The summed E-state index contributed by atoms with van der Waals surface area (Å²) in [5, 5.41) is 4.14. The number of anilines is 1. The van der Waals surface area contributed by atoms with Gasteiger partial charge in [-0.05, 0) is 42.9 Å². The fraction of sp³-hybridized carbons (Fsp3) is 0.556. The molecule has 1 aliphatic heterocycles. The van der Waals surface area contributed by atoms with Gasteiger partial charge in [0, 0.05) is 49.5 Å². The summed E-state index contributed by atoms with van der Waals surface area (Å²) >= 11 is 0. The summed E-state index contributed by atoms with van der Waals surface area (Å²) in [5.74, 6) is 0.422. The highest BCUT2D eigenvalue weighted by Crippen LogP contribution is 2.34. The van der Waals surface area contributed by atoms with E-state index in [-0.39, 0.29) is 18.0 Å². The van der Waals surface area contributed by atoms with Crippen LogP contribution in [0, 0.1) is 11.7 Å². The number of hydrogen-bond acceptors (Lipinski definition) is 6. The minimum Gasteiger partial charge on any atom is -0.379 e. The number of nitrogens with zero attached hydrogens (tertiary/aromatic N) is 4. The summed E-state index contributed by atoms with van der Waals surface area (Å²) in [6, 6.07) is 4.38. The Bertz CT molecular complexity index is 1330. The lowest BCUT2D eigenvalue weighted by Crippen LogP contribution is -2.40. The smallest absolute Gasteiger partial charge is 0.246 e. The van der Waals surface area contributed by atoms with Gasteiger partial charge in [0.1, 0.15) is 16.4 Å². The number of aromatic nitrogens is 3. The Kier molecular flexibility index (Phi) is 8.07. The van der Waals surface area contributed by atoms with Crippen LogP contribution in [0.15, 0.2) is 35.5 Å².